The Morgan fingerprint density at radius 1 is 1.29 bits per heavy atom. The molecule has 9 atom stereocenters. The fraction of sp³-hybridized carbons (Fsp3) is 0.727. The number of alkyl halides is 2. The van der Waals surface area contributed by atoms with Crippen molar-refractivity contribution in [3.8, 4) is 0 Å². The number of carbonyl (C=O) groups is 2. The first-order valence-corrected chi connectivity index (χ1v) is 10.7. The van der Waals surface area contributed by atoms with Crippen LogP contribution in [0.5, 0.6) is 0 Å². The molecular formula is C22H29ClF2O6. The largest absolute Gasteiger partial charge is 0.412 e. The molecule has 5 unspecified atom stereocenters. The smallest absolute Gasteiger partial charge is 0.196 e. The summed E-state index contributed by atoms with van der Waals surface area (Å²) in [6, 6.07) is 0. The van der Waals surface area contributed by atoms with E-state index in [1.54, 1.807) is 13.8 Å². The number of halogens is 3. The van der Waals surface area contributed by atoms with Crippen molar-refractivity contribution in [3.05, 3.63) is 22.8 Å². The first kappa shape index (κ1) is 24.5. The monoisotopic (exact) mass is 462 g/mol. The summed E-state index contributed by atoms with van der Waals surface area (Å²) in [6.45, 7) is 3.84. The summed E-state index contributed by atoms with van der Waals surface area (Å²) in [5.41, 5.74) is -7.19. The van der Waals surface area contributed by atoms with Crippen molar-refractivity contribution in [2.24, 2.45) is 28.6 Å². The number of aliphatic hydroxyl groups is 3. The van der Waals surface area contributed by atoms with Gasteiger partial charge in [0.25, 0.3) is 0 Å². The maximum atomic E-state index is 17.0. The SMILES string of the molecule is CC1CC2C3CC(F)C4=CC(=O)C(Cl)=C[C@]4(C)[C@@]3(F)C(O)C[C@]2(C)[C@@]1(O)C(=O)CO.O. The number of hydrogen-bond acceptors (Lipinski definition) is 5. The lowest BCUT2D eigenvalue weighted by Gasteiger charge is -2.63. The Hall–Kier alpha value is -1.19. The minimum absolute atomic E-state index is 0. The van der Waals surface area contributed by atoms with Gasteiger partial charge in [0.15, 0.2) is 17.2 Å². The zero-order chi connectivity index (χ0) is 22.4. The molecule has 6 nitrogen and oxygen atoms in total. The average Bonchev–Trinajstić information content (AvgIpc) is 2.87. The molecule has 4 rings (SSSR count). The maximum Gasteiger partial charge on any atom is 0.196 e. The third-order valence-electron chi connectivity index (χ3n) is 8.84. The minimum atomic E-state index is -2.33. The van der Waals surface area contributed by atoms with Crippen molar-refractivity contribution in [1.29, 1.82) is 0 Å². The highest BCUT2D eigenvalue weighted by Gasteiger charge is 2.76. The highest BCUT2D eigenvalue weighted by molar-refractivity contribution is 6.44. The van der Waals surface area contributed by atoms with Gasteiger partial charge in [-0.25, -0.2) is 8.78 Å². The summed E-state index contributed by atoms with van der Waals surface area (Å²) in [5, 5.41) is 31.7. The van der Waals surface area contributed by atoms with Gasteiger partial charge in [-0.3, -0.25) is 9.59 Å². The van der Waals surface area contributed by atoms with Crippen LogP contribution in [0.4, 0.5) is 8.78 Å². The van der Waals surface area contributed by atoms with Crippen LogP contribution in [0, 0.1) is 28.6 Å². The first-order valence-electron chi connectivity index (χ1n) is 10.3. The van der Waals surface area contributed by atoms with Crippen LogP contribution in [-0.4, -0.2) is 62.5 Å². The Kier molecular flexibility index (Phi) is 5.64. The summed E-state index contributed by atoms with van der Waals surface area (Å²) in [6.07, 6.45) is -1.28. The topological polar surface area (TPSA) is 126 Å². The molecule has 0 aromatic carbocycles. The van der Waals surface area contributed by atoms with E-state index in [1.807, 2.05) is 0 Å². The number of Topliss-reactive ketones (excluding diaryl/α,β-unsaturated/α-hetero) is 1. The van der Waals surface area contributed by atoms with E-state index in [0.29, 0.717) is 0 Å². The molecule has 174 valence electrons. The molecule has 3 saturated carbocycles. The van der Waals surface area contributed by atoms with E-state index in [9.17, 15) is 24.9 Å². The summed E-state index contributed by atoms with van der Waals surface area (Å²) in [7, 11) is 0. The van der Waals surface area contributed by atoms with E-state index in [4.69, 9.17) is 11.6 Å². The third-order valence-corrected chi connectivity index (χ3v) is 9.13. The lowest BCUT2D eigenvalue weighted by molar-refractivity contribution is -0.223. The van der Waals surface area contributed by atoms with Crippen LogP contribution >= 0.6 is 11.6 Å². The lowest BCUT2D eigenvalue weighted by atomic mass is 9.44. The van der Waals surface area contributed by atoms with Crippen LogP contribution in [-0.2, 0) is 9.59 Å². The Balaban J connectivity index is 0.00000272. The van der Waals surface area contributed by atoms with Crippen molar-refractivity contribution in [2.45, 2.75) is 63.6 Å². The molecule has 0 aromatic rings. The second kappa shape index (κ2) is 7.15. The molecule has 0 amide bonds. The Labute approximate surface area is 184 Å². The summed E-state index contributed by atoms with van der Waals surface area (Å²) in [4.78, 5) is 24.6. The van der Waals surface area contributed by atoms with Gasteiger partial charge in [0.2, 0.25) is 0 Å². The predicted molar refractivity (Wildman–Crippen MR) is 109 cm³/mol. The van der Waals surface area contributed by atoms with Crippen molar-refractivity contribution in [2.75, 3.05) is 6.61 Å². The summed E-state index contributed by atoms with van der Waals surface area (Å²) >= 11 is 6.02. The fourth-order valence-corrected chi connectivity index (χ4v) is 7.58. The van der Waals surface area contributed by atoms with Crippen LogP contribution in [0.15, 0.2) is 22.8 Å². The van der Waals surface area contributed by atoms with E-state index in [2.05, 4.69) is 0 Å². The van der Waals surface area contributed by atoms with Crippen molar-refractivity contribution < 1.29 is 39.2 Å². The first-order chi connectivity index (χ1) is 13.8. The highest BCUT2D eigenvalue weighted by Crippen LogP contribution is 2.71. The van der Waals surface area contributed by atoms with Crippen LogP contribution in [0.2, 0.25) is 0 Å². The molecule has 0 saturated heterocycles. The number of rotatable bonds is 2. The van der Waals surface area contributed by atoms with Gasteiger partial charge in [0, 0.05) is 16.7 Å². The quantitative estimate of drug-likeness (QED) is 0.574. The summed E-state index contributed by atoms with van der Waals surface area (Å²) in [5.74, 6) is -3.59. The van der Waals surface area contributed by atoms with Crippen molar-refractivity contribution in [3.63, 3.8) is 0 Å². The van der Waals surface area contributed by atoms with E-state index in [-0.39, 0.29) is 35.3 Å². The van der Waals surface area contributed by atoms with Gasteiger partial charge >= 0.3 is 0 Å². The Morgan fingerprint density at radius 2 is 1.90 bits per heavy atom. The van der Waals surface area contributed by atoms with Gasteiger partial charge in [0.05, 0.1) is 11.1 Å². The zero-order valence-corrected chi connectivity index (χ0v) is 18.4. The molecular weight excluding hydrogens is 434 g/mol. The Bertz CT molecular complexity index is 891. The molecule has 9 heteroatoms. The van der Waals surface area contributed by atoms with Crippen LogP contribution in [0.3, 0.4) is 0 Å². The van der Waals surface area contributed by atoms with Gasteiger partial charge in [-0.15, -0.1) is 0 Å². The van der Waals surface area contributed by atoms with E-state index in [1.165, 1.54) is 13.0 Å². The molecule has 5 N–H and O–H groups in total. The number of ketones is 2. The molecule has 0 radical (unpaired) electrons. The molecule has 0 heterocycles. The number of allylic oxidation sites excluding steroid dienone is 4. The Morgan fingerprint density at radius 3 is 2.48 bits per heavy atom. The van der Waals surface area contributed by atoms with Crippen LogP contribution in [0.1, 0.15) is 40.0 Å². The average molecular weight is 463 g/mol. The summed E-state index contributed by atoms with van der Waals surface area (Å²) < 4.78 is 32.3. The fourth-order valence-electron chi connectivity index (χ4n) is 7.31. The van der Waals surface area contributed by atoms with Gasteiger partial charge < -0.3 is 20.8 Å². The maximum absolute atomic E-state index is 17.0. The normalized spacial score (nSPS) is 51.0. The molecule has 4 aliphatic rings. The number of fused-ring (bicyclic) bond motifs is 5. The third kappa shape index (κ3) is 2.63. The molecule has 0 aliphatic heterocycles. The van der Waals surface area contributed by atoms with E-state index < -0.39 is 70.3 Å². The van der Waals surface area contributed by atoms with Crippen LogP contribution < -0.4 is 0 Å². The number of hydrogen-bond donors (Lipinski definition) is 3. The predicted octanol–water partition coefficient (Wildman–Crippen LogP) is 1.59. The van der Waals surface area contributed by atoms with Crippen LogP contribution in [0.25, 0.3) is 0 Å². The second-order valence-electron chi connectivity index (χ2n) is 9.96. The zero-order valence-electron chi connectivity index (χ0n) is 17.7. The van der Waals surface area contributed by atoms with Crippen molar-refractivity contribution in [1.82, 2.24) is 0 Å². The van der Waals surface area contributed by atoms with E-state index in [0.717, 1.165) is 6.08 Å². The van der Waals surface area contributed by atoms with Gasteiger partial charge in [0.1, 0.15) is 18.4 Å². The molecule has 0 bridgehead atoms. The lowest BCUT2D eigenvalue weighted by Crippen LogP contribution is -2.70. The number of carbonyl (C=O) groups excluding carboxylic acids is 2. The molecule has 0 spiro atoms. The molecule has 3 fully saturated rings. The van der Waals surface area contributed by atoms with Crippen molar-refractivity contribution >= 4 is 23.2 Å². The molecule has 31 heavy (non-hydrogen) atoms. The highest BCUT2D eigenvalue weighted by atomic mass is 35.5. The molecule has 0 aromatic heterocycles. The number of aliphatic hydroxyl groups excluding tert-OH is 2. The van der Waals surface area contributed by atoms with Gasteiger partial charge in [-0.1, -0.05) is 25.4 Å². The second-order valence-corrected chi connectivity index (χ2v) is 10.4. The molecule has 4 aliphatic carbocycles. The van der Waals surface area contributed by atoms with Gasteiger partial charge in [-0.05, 0) is 55.7 Å². The minimum Gasteiger partial charge on any atom is -0.412 e. The standard InChI is InChI=1S/C22H27ClF2O5.H2O/c1-10-4-11-12-5-15(24)13-6-16(27)14(23)7-19(13,2)21(12,25)17(28)8-20(11,3)22(10,30)18(29)9-26;/h6-7,10-12,15,17,26,28,30H,4-5,8-9H2,1-3H3;1H2/t10?,11?,12?,15?,17?,19-,20-,21-,22-;/m0./s1. The van der Waals surface area contributed by atoms with E-state index >= 15 is 8.78 Å². The van der Waals surface area contributed by atoms with Gasteiger partial charge in [-0.2, -0.15) is 0 Å².